The van der Waals surface area contributed by atoms with Gasteiger partial charge in [0.2, 0.25) is 5.95 Å². The van der Waals surface area contributed by atoms with Gasteiger partial charge in [-0.1, -0.05) is 54.6 Å². The minimum Gasteiger partial charge on any atom is -0.388 e. The monoisotopic (exact) mass is 598 g/mol. The molecule has 1 fully saturated rings. The van der Waals surface area contributed by atoms with Crippen LogP contribution in [-0.4, -0.2) is 38.1 Å². The van der Waals surface area contributed by atoms with E-state index in [1.54, 1.807) is 53.1 Å². The number of hydrogen-bond donors (Lipinski definition) is 1. The fourth-order valence-electron chi connectivity index (χ4n) is 4.47. The highest BCUT2D eigenvalue weighted by Gasteiger charge is 2.29. The maximum atomic E-state index is 13.7. The van der Waals surface area contributed by atoms with Crippen molar-refractivity contribution in [3.63, 3.8) is 0 Å². The second-order valence-electron chi connectivity index (χ2n) is 8.94. The average Bonchev–Trinajstić information content (AvgIpc) is 3.62. The number of aromatic nitrogens is 4. The van der Waals surface area contributed by atoms with Gasteiger partial charge in [0.05, 0.1) is 11.4 Å². The molecule has 200 valence electrons. The van der Waals surface area contributed by atoms with E-state index >= 15 is 0 Å². The quantitative estimate of drug-likeness (QED) is 0.222. The SMILES string of the molecule is O=C(Nc1nc(OC(=O)N(c2ccccc2)c2ccccc2)c2nc(Br)n(C3CCCO3)c2n1)c1ccccc1. The van der Waals surface area contributed by atoms with Crippen molar-refractivity contribution in [1.82, 2.24) is 19.5 Å². The third kappa shape index (κ3) is 5.16. The first-order chi connectivity index (χ1) is 19.6. The normalized spacial score (nSPS) is 14.7. The molecule has 10 nitrogen and oxygen atoms in total. The van der Waals surface area contributed by atoms with Gasteiger partial charge >= 0.3 is 6.09 Å². The zero-order valence-electron chi connectivity index (χ0n) is 21.1. The fraction of sp³-hybridized carbons (Fsp3) is 0.138. The summed E-state index contributed by atoms with van der Waals surface area (Å²) in [6, 6.07) is 27.0. The standard InChI is InChI=1S/C29H23BrN6O4/c30-27-31-23-24(36(27)22-17-10-18-39-22)32-28(33-25(37)19-11-4-1-5-12-19)34-26(23)40-29(38)35(20-13-6-2-7-14-20)21-15-8-3-9-16-21/h1-9,11-16,22H,10,17-18H2,(H,32,33,34,37). The van der Waals surface area contributed by atoms with Crippen LogP contribution in [0, 0.1) is 0 Å². The van der Waals surface area contributed by atoms with Gasteiger partial charge in [-0.3, -0.25) is 14.7 Å². The summed E-state index contributed by atoms with van der Waals surface area (Å²) in [4.78, 5) is 41.7. The molecular weight excluding hydrogens is 576 g/mol. The van der Waals surface area contributed by atoms with E-state index in [4.69, 9.17) is 9.47 Å². The van der Waals surface area contributed by atoms with Crippen LogP contribution in [0.25, 0.3) is 11.2 Å². The molecule has 1 atom stereocenters. The van der Waals surface area contributed by atoms with Crippen LogP contribution in [0.2, 0.25) is 0 Å². The maximum absolute atomic E-state index is 13.7. The van der Waals surface area contributed by atoms with Gasteiger partial charge in [-0.15, -0.1) is 0 Å². The Balaban J connectivity index is 1.42. The minimum absolute atomic E-state index is 0.0400. The van der Waals surface area contributed by atoms with Crippen LogP contribution in [0.15, 0.2) is 95.7 Å². The highest BCUT2D eigenvalue weighted by Crippen LogP contribution is 2.35. The number of nitrogens with one attached hydrogen (secondary N) is 1. The van der Waals surface area contributed by atoms with Gasteiger partial charge in [0.1, 0.15) is 6.23 Å². The number of para-hydroxylation sites is 2. The molecule has 0 aliphatic carbocycles. The van der Waals surface area contributed by atoms with Gasteiger partial charge in [0.25, 0.3) is 11.8 Å². The molecule has 40 heavy (non-hydrogen) atoms. The first kappa shape index (κ1) is 25.7. The van der Waals surface area contributed by atoms with Crippen LogP contribution in [0.4, 0.5) is 22.1 Å². The molecule has 6 rings (SSSR count). The summed E-state index contributed by atoms with van der Waals surface area (Å²) in [5.41, 5.74) is 2.23. The molecule has 0 spiro atoms. The molecule has 1 aliphatic heterocycles. The highest BCUT2D eigenvalue weighted by atomic mass is 79.9. The number of fused-ring (bicyclic) bond motifs is 1. The Morgan fingerprint density at radius 3 is 2.12 bits per heavy atom. The van der Waals surface area contributed by atoms with Crippen molar-refractivity contribution >= 4 is 56.4 Å². The maximum Gasteiger partial charge on any atom is 0.425 e. The Morgan fingerprint density at radius 2 is 1.52 bits per heavy atom. The number of amides is 2. The summed E-state index contributed by atoms with van der Waals surface area (Å²) in [6.45, 7) is 0.602. The molecule has 3 aromatic carbocycles. The second kappa shape index (κ2) is 11.2. The Kier molecular flexibility index (Phi) is 7.21. The first-order valence-corrected chi connectivity index (χ1v) is 13.4. The molecule has 0 bridgehead atoms. The zero-order valence-corrected chi connectivity index (χ0v) is 22.7. The van der Waals surface area contributed by atoms with E-state index in [1.807, 2.05) is 42.5 Å². The summed E-state index contributed by atoms with van der Waals surface area (Å²) in [6.07, 6.45) is 0.607. The number of nitrogens with zero attached hydrogens (tertiary/aromatic N) is 5. The lowest BCUT2D eigenvalue weighted by Gasteiger charge is -2.22. The molecule has 5 aromatic rings. The second-order valence-corrected chi connectivity index (χ2v) is 9.65. The molecule has 1 unspecified atom stereocenters. The lowest BCUT2D eigenvalue weighted by Crippen LogP contribution is -2.29. The largest absolute Gasteiger partial charge is 0.425 e. The Hall–Kier alpha value is -4.61. The zero-order chi connectivity index (χ0) is 27.5. The van der Waals surface area contributed by atoms with Crippen molar-refractivity contribution in [2.75, 3.05) is 16.8 Å². The summed E-state index contributed by atoms with van der Waals surface area (Å²) in [5, 5.41) is 2.72. The number of ether oxygens (including phenoxy) is 2. The number of benzene rings is 3. The van der Waals surface area contributed by atoms with E-state index < -0.39 is 12.0 Å². The van der Waals surface area contributed by atoms with E-state index in [2.05, 4.69) is 36.2 Å². The predicted octanol–water partition coefficient (Wildman–Crippen LogP) is 6.49. The van der Waals surface area contributed by atoms with Crippen molar-refractivity contribution in [3.05, 3.63) is 101 Å². The topological polar surface area (TPSA) is 111 Å². The third-order valence-corrected chi connectivity index (χ3v) is 6.87. The first-order valence-electron chi connectivity index (χ1n) is 12.6. The van der Waals surface area contributed by atoms with Crippen LogP contribution in [0.5, 0.6) is 5.88 Å². The number of carbonyl (C=O) groups is 2. The summed E-state index contributed by atoms with van der Waals surface area (Å²) in [7, 11) is 0. The van der Waals surface area contributed by atoms with Crippen molar-refractivity contribution in [3.8, 4) is 5.88 Å². The minimum atomic E-state index is -0.708. The van der Waals surface area contributed by atoms with Crippen molar-refractivity contribution < 1.29 is 19.1 Å². The number of carbonyl (C=O) groups excluding carboxylic acids is 2. The summed E-state index contributed by atoms with van der Waals surface area (Å²) >= 11 is 3.50. The van der Waals surface area contributed by atoms with E-state index in [0.717, 1.165) is 12.8 Å². The molecule has 1 N–H and O–H groups in total. The Labute approximate surface area is 237 Å². The summed E-state index contributed by atoms with van der Waals surface area (Å²) in [5.74, 6) is -0.552. The van der Waals surface area contributed by atoms with Crippen LogP contribution >= 0.6 is 15.9 Å². The Morgan fingerprint density at radius 1 is 0.900 bits per heavy atom. The predicted molar refractivity (Wildman–Crippen MR) is 153 cm³/mol. The Bertz CT molecular complexity index is 1620. The molecule has 11 heteroatoms. The van der Waals surface area contributed by atoms with E-state index in [1.165, 1.54) is 4.90 Å². The van der Waals surface area contributed by atoms with Gasteiger partial charge in [-0.2, -0.15) is 9.97 Å². The van der Waals surface area contributed by atoms with Crippen LogP contribution in [0.3, 0.4) is 0 Å². The van der Waals surface area contributed by atoms with Gasteiger partial charge in [-0.05, 0) is 65.2 Å². The van der Waals surface area contributed by atoms with E-state index in [9.17, 15) is 9.59 Å². The van der Waals surface area contributed by atoms with E-state index in [0.29, 0.717) is 33.9 Å². The fourth-order valence-corrected chi connectivity index (χ4v) is 5.05. The van der Waals surface area contributed by atoms with Crippen LogP contribution in [0.1, 0.15) is 29.4 Å². The van der Waals surface area contributed by atoms with Gasteiger partial charge in [-0.25, -0.2) is 14.7 Å². The van der Waals surface area contributed by atoms with E-state index in [-0.39, 0.29) is 23.6 Å². The molecule has 2 aromatic heterocycles. The molecule has 3 heterocycles. The summed E-state index contributed by atoms with van der Waals surface area (Å²) < 4.78 is 14.0. The molecule has 2 amide bonds. The molecular formula is C29H23BrN6O4. The van der Waals surface area contributed by atoms with Crippen LogP contribution < -0.4 is 15.0 Å². The number of hydrogen-bond acceptors (Lipinski definition) is 7. The smallest absolute Gasteiger partial charge is 0.388 e. The van der Waals surface area contributed by atoms with Crippen molar-refractivity contribution in [2.24, 2.45) is 0 Å². The molecule has 0 radical (unpaired) electrons. The number of rotatable bonds is 6. The lowest BCUT2D eigenvalue weighted by atomic mass is 10.2. The van der Waals surface area contributed by atoms with Crippen LogP contribution in [-0.2, 0) is 4.74 Å². The van der Waals surface area contributed by atoms with Crippen molar-refractivity contribution in [1.29, 1.82) is 0 Å². The highest BCUT2D eigenvalue weighted by molar-refractivity contribution is 9.10. The van der Waals surface area contributed by atoms with Gasteiger partial charge < -0.3 is 9.47 Å². The molecule has 0 saturated carbocycles. The molecule has 1 saturated heterocycles. The van der Waals surface area contributed by atoms with Gasteiger partial charge in [0.15, 0.2) is 15.9 Å². The molecule has 1 aliphatic rings. The third-order valence-electron chi connectivity index (χ3n) is 6.31. The number of anilines is 3. The average molecular weight is 599 g/mol. The van der Waals surface area contributed by atoms with Gasteiger partial charge in [0, 0.05) is 12.2 Å². The lowest BCUT2D eigenvalue weighted by molar-refractivity contribution is 0.0576. The number of halogens is 1. The number of imidazole rings is 1. The van der Waals surface area contributed by atoms with Crippen molar-refractivity contribution in [2.45, 2.75) is 19.1 Å².